The van der Waals surface area contributed by atoms with Crippen LogP contribution in [0.1, 0.15) is 0 Å². The molecule has 0 amide bonds. The van der Waals surface area contributed by atoms with Crippen molar-refractivity contribution < 1.29 is 62.0 Å². The summed E-state index contributed by atoms with van der Waals surface area (Å²) < 4.78 is 179. The summed E-state index contributed by atoms with van der Waals surface area (Å²) >= 11 is 19.6. The third-order valence-electron chi connectivity index (χ3n) is 14.7. The van der Waals surface area contributed by atoms with Crippen molar-refractivity contribution in [1.82, 2.24) is 0 Å². The molecular weight excluding hydrogens is 1240 g/mol. The predicted molar refractivity (Wildman–Crippen MR) is 306 cm³/mol. The first-order chi connectivity index (χ1) is 38.5. The standard InChI is InChI=1S/2C28H12F5O2PS2.CHCl3/c2*29-19-20(30)22(32)26(23(33)21(19)31)36(17-9-11-37-27(17)28-18(36)10-12-38-28)34-24-15-7-3-1-5-13(15)14-6-2-4-8-16(14)25(24)35-36;2-1(3)4/h2*1-12H;1H. The van der Waals surface area contributed by atoms with Crippen molar-refractivity contribution in [3.05, 3.63) is 201 Å². The van der Waals surface area contributed by atoms with Gasteiger partial charge in [-0.1, -0.05) is 34.8 Å². The van der Waals surface area contributed by atoms with Crippen LogP contribution in [0.2, 0.25) is 0 Å². The Bertz CT molecular complexity index is 4150. The van der Waals surface area contributed by atoms with E-state index in [1.807, 2.05) is 48.5 Å². The fourth-order valence-corrected chi connectivity index (χ4v) is 28.5. The number of benzene rings is 8. The third kappa shape index (κ3) is 6.37. The molecule has 0 aliphatic carbocycles. The van der Waals surface area contributed by atoms with Gasteiger partial charge in [0.25, 0.3) is 0 Å². The molecule has 8 heterocycles. The first kappa shape index (κ1) is 51.9. The van der Waals surface area contributed by atoms with Gasteiger partial charge in [0, 0.05) is 0 Å². The van der Waals surface area contributed by atoms with Gasteiger partial charge in [-0.05, 0) is 0 Å². The van der Waals surface area contributed by atoms with Crippen LogP contribution in [0.5, 0.6) is 23.0 Å². The fraction of sp³-hybridized carbons (Fsp3) is 0.0175. The Morgan fingerprint density at radius 1 is 0.287 bits per heavy atom. The van der Waals surface area contributed by atoms with Gasteiger partial charge in [0.1, 0.15) is 0 Å². The molecule has 0 atom stereocenters. The van der Waals surface area contributed by atoms with Gasteiger partial charge in [0.2, 0.25) is 0 Å². The molecule has 0 saturated carbocycles. The molecule has 8 aromatic carbocycles. The number of hydrogen-bond donors (Lipinski definition) is 0. The topological polar surface area (TPSA) is 36.9 Å². The summed E-state index contributed by atoms with van der Waals surface area (Å²) in [5.74, 6) is -19.7. The van der Waals surface area contributed by atoms with E-state index < -0.39 is 87.2 Å². The van der Waals surface area contributed by atoms with E-state index in [9.17, 15) is 26.3 Å². The second-order valence-corrected chi connectivity index (χ2v) is 31.4. The summed E-state index contributed by atoms with van der Waals surface area (Å²) in [4.78, 5) is 2.49. The zero-order valence-corrected chi connectivity index (χ0v) is 46.8. The molecule has 402 valence electrons. The summed E-state index contributed by atoms with van der Waals surface area (Å²) in [6, 6.07) is 35.7. The van der Waals surface area contributed by atoms with Crippen LogP contribution in [-0.2, 0) is 0 Å². The molecule has 0 bridgehead atoms. The average molecular weight is 1260 g/mol. The molecule has 4 nitrogen and oxygen atoms in total. The van der Waals surface area contributed by atoms with Gasteiger partial charge in [-0.3, -0.25) is 0 Å². The van der Waals surface area contributed by atoms with Crippen molar-refractivity contribution in [3.63, 3.8) is 0 Å². The quantitative estimate of drug-likeness (QED) is 0.0432. The Kier molecular flexibility index (Phi) is 11.6. The first-order valence-electron chi connectivity index (χ1n) is 23.5. The van der Waals surface area contributed by atoms with Crippen LogP contribution >= 0.6 is 94.3 Å². The zero-order chi connectivity index (χ0) is 55.6. The van der Waals surface area contributed by atoms with Gasteiger partial charge in [-0.2, -0.15) is 0 Å². The van der Waals surface area contributed by atoms with Crippen molar-refractivity contribution in [2.45, 2.75) is 4.30 Å². The van der Waals surface area contributed by atoms with Crippen molar-refractivity contribution >= 4 is 169 Å². The number of rotatable bonds is 2. The third-order valence-corrected chi connectivity index (χ3v) is 28.8. The maximum atomic E-state index is 16.0. The van der Waals surface area contributed by atoms with Crippen LogP contribution < -0.4 is 49.9 Å². The van der Waals surface area contributed by atoms with Crippen LogP contribution in [0.4, 0.5) is 43.9 Å². The van der Waals surface area contributed by atoms with Crippen molar-refractivity contribution in [3.8, 4) is 42.5 Å². The molecule has 4 aliphatic heterocycles. The predicted octanol–water partition coefficient (Wildman–Crippen LogP) is 17.8. The van der Waals surface area contributed by atoms with E-state index in [-0.39, 0.29) is 44.2 Å². The molecule has 0 radical (unpaired) electrons. The molecule has 4 aromatic heterocycles. The van der Waals surface area contributed by atoms with Crippen LogP contribution in [0.3, 0.4) is 0 Å². The summed E-state index contributed by atoms with van der Waals surface area (Å²) in [6.07, 6.45) is 0. The Balaban J connectivity index is 0.000000135. The molecule has 0 unspecified atom stereocenters. The SMILES string of the molecule is ClC(Cl)Cl.Fc1c(F)c(F)c(P23(Oc4c(c5ccccc5c5ccccc45)O2)c2ccsc2-c2sccc23)c(F)c1F.Fc1c(F)c(F)c(P23(Oc4c(c5ccccc5c5ccccc45)O2)c2ccsc2-c2sccc23)c(F)c1F. The van der Waals surface area contributed by atoms with Crippen LogP contribution in [-0.4, -0.2) is 4.30 Å². The fourth-order valence-electron chi connectivity index (χ4n) is 11.6. The number of thiophene rings is 4. The molecule has 4 aliphatic rings. The summed E-state index contributed by atoms with van der Waals surface area (Å²) in [6.45, 7) is 0. The molecule has 0 fully saturated rings. The summed E-state index contributed by atoms with van der Waals surface area (Å²) in [5, 5.41) is 11.5. The van der Waals surface area contributed by atoms with E-state index >= 15 is 17.6 Å². The zero-order valence-electron chi connectivity index (χ0n) is 39.5. The Morgan fingerprint density at radius 3 is 0.688 bits per heavy atom. The van der Waals surface area contributed by atoms with E-state index in [0.717, 1.165) is 21.5 Å². The maximum absolute atomic E-state index is 16.0. The van der Waals surface area contributed by atoms with E-state index in [1.165, 1.54) is 45.3 Å². The minimum absolute atomic E-state index is 0.206. The molecule has 2 spiro atoms. The van der Waals surface area contributed by atoms with E-state index in [2.05, 4.69) is 0 Å². The number of fused-ring (bicyclic) bond motifs is 22. The van der Waals surface area contributed by atoms with Crippen molar-refractivity contribution in [1.29, 1.82) is 0 Å². The monoisotopic (exact) mass is 1260 g/mol. The van der Waals surface area contributed by atoms with Crippen molar-refractivity contribution in [2.75, 3.05) is 0 Å². The van der Waals surface area contributed by atoms with Gasteiger partial charge < -0.3 is 0 Å². The van der Waals surface area contributed by atoms with Gasteiger partial charge in [-0.25, -0.2) is 0 Å². The van der Waals surface area contributed by atoms with Gasteiger partial charge in [0.15, 0.2) is 4.30 Å². The first-order valence-corrected chi connectivity index (χ1v) is 32.5. The Morgan fingerprint density at radius 2 is 0.475 bits per heavy atom. The van der Waals surface area contributed by atoms with Crippen LogP contribution in [0.15, 0.2) is 143 Å². The molecule has 23 heteroatoms. The average Bonchev–Trinajstić information content (AvgIpc) is 1.79. The Labute approximate surface area is 475 Å². The second-order valence-electron chi connectivity index (χ2n) is 18.4. The molecule has 80 heavy (non-hydrogen) atoms. The van der Waals surface area contributed by atoms with Crippen LogP contribution in [0.25, 0.3) is 62.6 Å². The summed E-state index contributed by atoms with van der Waals surface area (Å²) in [7, 11) is -10.5. The Hall–Kier alpha value is -6.17. The van der Waals surface area contributed by atoms with E-state index in [4.69, 9.17) is 52.9 Å². The van der Waals surface area contributed by atoms with Crippen LogP contribution in [0, 0.1) is 58.2 Å². The molecule has 0 saturated heterocycles. The number of hydrogen-bond acceptors (Lipinski definition) is 8. The minimum atomic E-state index is -5.26. The molecule has 16 rings (SSSR count). The molecular formula is C57H25Cl3F10O4P2S4. The van der Waals surface area contributed by atoms with Gasteiger partial charge in [-0.15, -0.1) is 0 Å². The van der Waals surface area contributed by atoms with Gasteiger partial charge >= 0.3 is 440 Å². The number of halogens is 13. The second kappa shape index (κ2) is 17.9. The van der Waals surface area contributed by atoms with Crippen molar-refractivity contribution in [2.24, 2.45) is 0 Å². The van der Waals surface area contributed by atoms with E-state index in [1.54, 1.807) is 94.3 Å². The summed E-state index contributed by atoms with van der Waals surface area (Å²) in [5.41, 5.74) is 0. The molecule has 12 aromatic rings. The molecule has 0 N–H and O–H groups in total. The van der Waals surface area contributed by atoms with Gasteiger partial charge in [0.05, 0.1) is 0 Å². The normalized spacial score (nSPS) is 16.6. The number of alkyl halides is 3. The van der Waals surface area contributed by atoms with E-state index in [0.29, 0.717) is 41.1 Å².